The van der Waals surface area contributed by atoms with Crippen LogP contribution in [0.3, 0.4) is 0 Å². The Morgan fingerprint density at radius 3 is 1.35 bits per heavy atom. The van der Waals surface area contributed by atoms with Crippen LogP contribution in [0.1, 0.15) is 200 Å². The zero-order chi connectivity index (χ0) is 46.4. The number of hydrogen-bond acceptors (Lipinski definition) is 7. The van der Waals surface area contributed by atoms with Crippen molar-refractivity contribution in [2.75, 3.05) is 47.5 Å². The smallest absolute Gasteiger partial charge is 0.462 e. The first-order chi connectivity index (χ1) is 30.5. The molecule has 0 aromatic heterocycles. The quantitative estimate of drug-likeness (QED) is 0.0212. The van der Waals surface area contributed by atoms with Gasteiger partial charge in [-0.3, -0.25) is 18.6 Å². The van der Waals surface area contributed by atoms with Crippen molar-refractivity contribution in [1.29, 1.82) is 0 Å². The van der Waals surface area contributed by atoms with Gasteiger partial charge >= 0.3 is 19.8 Å². The predicted octanol–water partition coefficient (Wildman–Crippen LogP) is 15.0. The molecule has 0 heterocycles. The lowest BCUT2D eigenvalue weighted by Gasteiger charge is -2.24. The molecule has 0 aromatic carbocycles. The highest BCUT2D eigenvalue weighted by atomic mass is 31.2. The fraction of sp³-hybridized carbons (Fsp3) is 0.736. The van der Waals surface area contributed by atoms with Gasteiger partial charge in [0.2, 0.25) is 0 Å². The largest absolute Gasteiger partial charge is 0.472 e. The standard InChI is InChI=1S/C53H94NO8P/c1-6-8-10-12-14-16-18-20-21-22-23-24-25-26-27-28-29-30-31-32-33-34-36-38-40-42-44-46-53(56)62-51(50-61-63(57,58)60-48-47-54(3,4)5)49-59-52(55)45-43-41-39-37-35-19-17-15-13-11-9-7-2/h8,10,14,16,20-21,23-24,26-27,29-30,51H,6-7,9,11-13,15,17-19,22,25,28,31-50H2,1-5H3/p+1/b10-8-,16-14-,21-20-,24-23-,27-26-,30-29-. The molecule has 0 bridgehead atoms. The van der Waals surface area contributed by atoms with Gasteiger partial charge in [-0.2, -0.15) is 0 Å². The molecule has 2 atom stereocenters. The van der Waals surface area contributed by atoms with Crippen LogP contribution >= 0.6 is 7.82 Å². The van der Waals surface area contributed by atoms with Crippen molar-refractivity contribution < 1.29 is 42.1 Å². The van der Waals surface area contributed by atoms with E-state index in [0.29, 0.717) is 17.4 Å². The first-order valence-corrected chi connectivity index (χ1v) is 26.7. The van der Waals surface area contributed by atoms with E-state index in [0.717, 1.165) is 83.5 Å². The SMILES string of the molecule is CC/C=C\C/C=C\C/C=C\C/C=C\C/C=C\C/C=C\CCCCCCCCCCC(=O)OC(COC(=O)CCCCCCCCCCCCCC)COP(=O)(O)OCC[N+](C)(C)C. The average Bonchev–Trinajstić information content (AvgIpc) is 3.24. The lowest BCUT2D eigenvalue weighted by molar-refractivity contribution is -0.870. The maximum Gasteiger partial charge on any atom is 0.472 e. The number of quaternary nitrogens is 1. The molecule has 0 aliphatic rings. The Morgan fingerprint density at radius 2 is 0.905 bits per heavy atom. The summed E-state index contributed by atoms with van der Waals surface area (Å²) in [6, 6.07) is 0. The van der Waals surface area contributed by atoms with Crippen LogP contribution in [0.4, 0.5) is 0 Å². The van der Waals surface area contributed by atoms with Gasteiger partial charge in [0, 0.05) is 12.8 Å². The van der Waals surface area contributed by atoms with E-state index in [2.05, 4.69) is 86.8 Å². The Morgan fingerprint density at radius 1 is 0.508 bits per heavy atom. The molecule has 63 heavy (non-hydrogen) atoms. The molecule has 1 N–H and O–H groups in total. The van der Waals surface area contributed by atoms with Gasteiger partial charge in [0.15, 0.2) is 6.10 Å². The van der Waals surface area contributed by atoms with E-state index in [-0.39, 0.29) is 32.0 Å². The Bertz CT molecular complexity index is 1300. The molecule has 0 saturated carbocycles. The Hall–Kier alpha value is -2.55. The summed E-state index contributed by atoms with van der Waals surface area (Å²) in [5.74, 6) is -0.808. The van der Waals surface area contributed by atoms with Crippen molar-refractivity contribution in [3.05, 3.63) is 72.9 Å². The highest BCUT2D eigenvalue weighted by molar-refractivity contribution is 7.47. The summed E-state index contributed by atoms with van der Waals surface area (Å²) in [6.07, 6.45) is 56.7. The Balaban J connectivity index is 4.23. The van der Waals surface area contributed by atoms with E-state index in [4.69, 9.17) is 18.5 Å². The van der Waals surface area contributed by atoms with Gasteiger partial charge in [0.05, 0.1) is 27.7 Å². The molecule has 0 fully saturated rings. The topological polar surface area (TPSA) is 108 Å². The first-order valence-electron chi connectivity index (χ1n) is 25.2. The minimum absolute atomic E-state index is 0.0279. The molecular formula is C53H95NO8P+. The van der Waals surface area contributed by atoms with E-state index in [1.54, 1.807) is 0 Å². The third-order valence-corrected chi connectivity index (χ3v) is 11.5. The van der Waals surface area contributed by atoms with E-state index >= 15 is 0 Å². The van der Waals surface area contributed by atoms with Crippen molar-refractivity contribution in [2.45, 2.75) is 206 Å². The number of rotatable bonds is 45. The number of hydrogen-bond donors (Lipinski definition) is 1. The van der Waals surface area contributed by atoms with Crippen molar-refractivity contribution >= 4 is 19.8 Å². The van der Waals surface area contributed by atoms with E-state index in [1.807, 2.05) is 21.1 Å². The second kappa shape index (κ2) is 44.6. The molecule has 2 unspecified atom stereocenters. The van der Waals surface area contributed by atoms with Crippen LogP contribution in [-0.2, 0) is 32.7 Å². The van der Waals surface area contributed by atoms with Gasteiger partial charge in [-0.25, -0.2) is 4.57 Å². The molecule has 0 saturated heterocycles. The molecule has 0 aliphatic carbocycles. The van der Waals surface area contributed by atoms with Crippen molar-refractivity contribution in [2.24, 2.45) is 0 Å². The number of carbonyl (C=O) groups excluding carboxylic acids is 2. The highest BCUT2D eigenvalue weighted by Crippen LogP contribution is 2.43. The molecule has 10 heteroatoms. The summed E-state index contributed by atoms with van der Waals surface area (Å²) in [5.41, 5.74) is 0. The second-order valence-corrected chi connectivity index (χ2v) is 19.3. The Kier molecular flexibility index (Phi) is 42.8. The molecule has 0 radical (unpaired) electrons. The summed E-state index contributed by atoms with van der Waals surface area (Å²) in [5, 5.41) is 0. The van der Waals surface area contributed by atoms with Crippen molar-refractivity contribution in [3.8, 4) is 0 Å². The number of ether oxygens (including phenoxy) is 2. The predicted molar refractivity (Wildman–Crippen MR) is 266 cm³/mol. The number of unbranched alkanes of at least 4 members (excludes halogenated alkanes) is 19. The molecule has 0 rings (SSSR count). The average molecular weight is 905 g/mol. The normalized spacial score (nSPS) is 14.1. The number of nitrogens with zero attached hydrogens (tertiary/aromatic N) is 1. The zero-order valence-electron chi connectivity index (χ0n) is 41.0. The lowest BCUT2D eigenvalue weighted by atomic mass is 10.0. The summed E-state index contributed by atoms with van der Waals surface area (Å²) >= 11 is 0. The molecule has 364 valence electrons. The van der Waals surface area contributed by atoms with Gasteiger partial charge < -0.3 is 18.9 Å². The van der Waals surface area contributed by atoms with Gasteiger partial charge in [-0.05, 0) is 64.2 Å². The van der Waals surface area contributed by atoms with E-state index in [1.165, 1.54) is 83.5 Å². The van der Waals surface area contributed by atoms with Crippen LogP contribution in [-0.4, -0.2) is 74.9 Å². The summed E-state index contributed by atoms with van der Waals surface area (Å²) in [4.78, 5) is 35.5. The minimum Gasteiger partial charge on any atom is -0.462 e. The van der Waals surface area contributed by atoms with E-state index < -0.39 is 26.5 Å². The molecule has 0 aromatic rings. The molecular weight excluding hydrogens is 810 g/mol. The number of allylic oxidation sites excluding steroid dienone is 12. The number of phosphoric acid groups is 1. The van der Waals surface area contributed by atoms with E-state index in [9.17, 15) is 19.0 Å². The van der Waals surface area contributed by atoms with Crippen LogP contribution < -0.4 is 0 Å². The number of likely N-dealkylation sites (N-methyl/N-ethyl adjacent to an activating group) is 1. The Labute approximate surface area is 387 Å². The minimum atomic E-state index is -4.38. The van der Waals surface area contributed by atoms with Gasteiger partial charge in [0.25, 0.3) is 0 Å². The third kappa shape index (κ3) is 48.7. The maximum atomic E-state index is 12.7. The van der Waals surface area contributed by atoms with Crippen LogP contribution in [0.2, 0.25) is 0 Å². The first kappa shape index (κ1) is 60.5. The maximum absolute atomic E-state index is 12.7. The lowest BCUT2D eigenvalue weighted by Crippen LogP contribution is -2.37. The fourth-order valence-corrected chi connectivity index (χ4v) is 7.35. The van der Waals surface area contributed by atoms with Crippen LogP contribution in [0.15, 0.2) is 72.9 Å². The number of phosphoric ester groups is 1. The van der Waals surface area contributed by atoms with Crippen LogP contribution in [0.25, 0.3) is 0 Å². The van der Waals surface area contributed by atoms with Gasteiger partial charge in [-0.15, -0.1) is 0 Å². The van der Waals surface area contributed by atoms with Crippen LogP contribution in [0, 0.1) is 0 Å². The van der Waals surface area contributed by atoms with Crippen molar-refractivity contribution in [1.82, 2.24) is 0 Å². The summed E-state index contributed by atoms with van der Waals surface area (Å²) in [6.45, 7) is 4.30. The molecule has 0 aliphatic heterocycles. The highest BCUT2D eigenvalue weighted by Gasteiger charge is 2.27. The van der Waals surface area contributed by atoms with Crippen molar-refractivity contribution in [3.63, 3.8) is 0 Å². The molecule has 0 spiro atoms. The fourth-order valence-electron chi connectivity index (χ4n) is 6.61. The summed E-state index contributed by atoms with van der Waals surface area (Å²) < 4.78 is 34.4. The monoisotopic (exact) mass is 905 g/mol. The third-order valence-electron chi connectivity index (χ3n) is 10.5. The summed E-state index contributed by atoms with van der Waals surface area (Å²) in [7, 11) is 1.47. The van der Waals surface area contributed by atoms with Gasteiger partial charge in [0.1, 0.15) is 19.8 Å². The zero-order valence-corrected chi connectivity index (χ0v) is 41.9. The number of esters is 2. The molecule has 0 amide bonds. The van der Waals surface area contributed by atoms with Gasteiger partial charge in [-0.1, -0.05) is 196 Å². The second-order valence-electron chi connectivity index (χ2n) is 17.8. The molecule has 9 nitrogen and oxygen atoms in total. The van der Waals surface area contributed by atoms with Crippen LogP contribution in [0.5, 0.6) is 0 Å². The number of carbonyl (C=O) groups is 2.